The lowest BCUT2D eigenvalue weighted by atomic mass is 10.1. The number of nitrogens with one attached hydrogen (secondary N) is 1. The van der Waals surface area contributed by atoms with E-state index >= 15 is 0 Å². The molecule has 1 saturated carbocycles. The van der Waals surface area contributed by atoms with Crippen molar-refractivity contribution in [2.75, 3.05) is 10.8 Å². The smallest absolute Gasteiger partial charge is 0.264 e. The van der Waals surface area contributed by atoms with E-state index in [1.807, 2.05) is 38.1 Å². The molecule has 3 aromatic rings. The predicted molar refractivity (Wildman–Crippen MR) is 159 cm³/mol. The molecule has 0 aromatic heterocycles. The molecule has 0 saturated heterocycles. The molecular weight excluding hydrogens is 546 g/mol. The van der Waals surface area contributed by atoms with Crippen LogP contribution in [-0.4, -0.2) is 43.8 Å². The van der Waals surface area contributed by atoms with Crippen LogP contribution in [0.15, 0.2) is 77.7 Å². The van der Waals surface area contributed by atoms with Crippen LogP contribution in [0.3, 0.4) is 0 Å². The highest BCUT2D eigenvalue weighted by Gasteiger charge is 2.34. The molecule has 3 aromatic carbocycles. The molecule has 0 bridgehead atoms. The van der Waals surface area contributed by atoms with Gasteiger partial charge in [0.25, 0.3) is 10.0 Å². The molecule has 1 unspecified atom stereocenters. The molecule has 4 rings (SSSR count). The third-order valence-corrected chi connectivity index (χ3v) is 9.57. The number of rotatable bonds is 10. The molecule has 0 radical (unpaired) electrons. The summed E-state index contributed by atoms with van der Waals surface area (Å²) in [4.78, 5) is 28.9. The van der Waals surface area contributed by atoms with Crippen LogP contribution in [0.4, 0.5) is 5.69 Å². The van der Waals surface area contributed by atoms with Gasteiger partial charge in [0.2, 0.25) is 11.8 Å². The van der Waals surface area contributed by atoms with Crippen LogP contribution in [0, 0.1) is 13.8 Å². The molecule has 1 fully saturated rings. The van der Waals surface area contributed by atoms with Gasteiger partial charge in [0.1, 0.15) is 12.6 Å². The second-order valence-corrected chi connectivity index (χ2v) is 12.7. The zero-order chi connectivity index (χ0) is 28.9. The SMILES string of the molecule is Cc1ccc(S(=O)(=O)N(CC(=O)N(Cc2ccccc2C)C(C)C(=O)NC2CCCC2)c2ccccc2Cl)cc1. The Balaban J connectivity index is 1.70. The number of hydrogen-bond donors (Lipinski definition) is 1. The zero-order valence-corrected chi connectivity index (χ0v) is 24.7. The summed E-state index contributed by atoms with van der Waals surface area (Å²) in [6.45, 7) is 5.14. The number of aryl methyl sites for hydroxylation is 2. The summed E-state index contributed by atoms with van der Waals surface area (Å²) < 4.78 is 28.9. The largest absolute Gasteiger partial charge is 0.352 e. The van der Waals surface area contributed by atoms with Crippen LogP contribution in [0.1, 0.15) is 49.3 Å². The van der Waals surface area contributed by atoms with Crippen LogP contribution in [0.5, 0.6) is 0 Å². The Morgan fingerprint density at radius 1 is 0.950 bits per heavy atom. The minimum absolute atomic E-state index is 0.0447. The van der Waals surface area contributed by atoms with Gasteiger partial charge in [0, 0.05) is 12.6 Å². The molecular formula is C31H36ClN3O4S. The maximum absolute atomic E-state index is 14.1. The number of halogens is 1. The van der Waals surface area contributed by atoms with E-state index in [0.717, 1.165) is 46.7 Å². The molecule has 40 heavy (non-hydrogen) atoms. The van der Waals surface area contributed by atoms with Crippen LogP contribution < -0.4 is 9.62 Å². The van der Waals surface area contributed by atoms with Crippen molar-refractivity contribution in [2.24, 2.45) is 0 Å². The molecule has 0 spiro atoms. The minimum Gasteiger partial charge on any atom is -0.352 e. The summed E-state index contributed by atoms with van der Waals surface area (Å²) in [6.07, 6.45) is 3.96. The quantitative estimate of drug-likeness (QED) is 0.336. The molecule has 0 aliphatic heterocycles. The molecule has 1 aliphatic carbocycles. The molecule has 0 heterocycles. The predicted octanol–water partition coefficient (Wildman–Crippen LogP) is 5.63. The van der Waals surface area contributed by atoms with Gasteiger partial charge in [-0.05, 0) is 69.0 Å². The van der Waals surface area contributed by atoms with Crippen molar-refractivity contribution >= 4 is 39.1 Å². The van der Waals surface area contributed by atoms with Crippen LogP contribution >= 0.6 is 11.6 Å². The normalized spacial score (nSPS) is 14.5. The Hall–Kier alpha value is -3.36. The Labute approximate surface area is 242 Å². The summed E-state index contributed by atoms with van der Waals surface area (Å²) >= 11 is 6.46. The van der Waals surface area contributed by atoms with E-state index in [0.29, 0.717) is 0 Å². The number of amides is 2. The summed E-state index contributed by atoms with van der Waals surface area (Å²) in [5, 5.41) is 3.28. The van der Waals surface area contributed by atoms with Gasteiger partial charge in [-0.25, -0.2) is 8.42 Å². The fraction of sp³-hybridized carbons (Fsp3) is 0.355. The molecule has 1 aliphatic rings. The Morgan fingerprint density at radius 3 is 2.23 bits per heavy atom. The summed E-state index contributed by atoms with van der Waals surface area (Å²) in [6, 6.07) is 19.9. The number of para-hydroxylation sites is 1. The lowest BCUT2D eigenvalue weighted by Gasteiger charge is -2.33. The summed E-state index contributed by atoms with van der Waals surface area (Å²) in [7, 11) is -4.17. The van der Waals surface area contributed by atoms with Crippen molar-refractivity contribution in [1.29, 1.82) is 0 Å². The highest BCUT2D eigenvalue weighted by molar-refractivity contribution is 7.92. The van der Waals surface area contributed by atoms with Crippen molar-refractivity contribution < 1.29 is 18.0 Å². The van der Waals surface area contributed by atoms with Gasteiger partial charge < -0.3 is 10.2 Å². The third kappa shape index (κ3) is 6.85. The first-order valence-electron chi connectivity index (χ1n) is 13.6. The number of anilines is 1. The first-order chi connectivity index (χ1) is 19.1. The monoisotopic (exact) mass is 581 g/mol. The first-order valence-corrected chi connectivity index (χ1v) is 15.4. The molecule has 212 valence electrons. The van der Waals surface area contributed by atoms with E-state index in [4.69, 9.17) is 11.6 Å². The van der Waals surface area contributed by atoms with Gasteiger partial charge in [-0.2, -0.15) is 0 Å². The van der Waals surface area contributed by atoms with Crippen molar-refractivity contribution in [3.8, 4) is 0 Å². The molecule has 1 atom stereocenters. The van der Waals surface area contributed by atoms with E-state index in [9.17, 15) is 18.0 Å². The standard InChI is InChI=1S/C31H36ClN3O4S/c1-22-16-18-27(19-17-22)40(38,39)35(29-15-9-8-14-28(29)32)21-30(36)34(20-25-11-5-4-10-23(25)2)24(3)31(37)33-26-12-6-7-13-26/h4-5,8-11,14-19,24,26H,6-7,12-13,20-21H2,1-3H3,(H,33,37). The van der Waals surface area contributed by atoms with Crippen LogP contribution in [-0.2, 0) is 26.2 Å². The number of carbonyl (C=O) groups excluding carboxylic acids is 2. The maximum atomic E-state index is 14.1. The average molecular weight is 582 g/mol. The summed E-state index contributed by atoms with van der Waals surface area (Å²) in [5.74, 6) is -0.757. The molecule has 9 heteroatoms. The van der Waals surface area contributed by atoms with Gasteiger partial charge in [-0.3, -0.25) is 13.9 Å². The third-order valence-electron chi connectivity index (χ3n) is 7.48. The second kappa shape index (κ2) is 12.9. The van der Waals surface area contributed by atoms with Gasteiger partial charge in [-0.15, -0.1) is 0 Å². The van der Waals surface area contributed by atoms with Gasteiger partial charge >= 0.3 is 0 Å². The Morgan fingerprint density at radius 2 is 1.57 bits per heavy atom. The number of hydrogen-bond acceptors (Lipinski definition) is 4. The van der Waals surface area contributed by atoms with Crippen molar-refractivity contribution in [2.45, 2.75) is 70.0 Å². The van der Waals surface area contributed by atoms with Crippen molar-refractivity contribution in [3.05, 3.63) is 94.5 Å². The second-order valence-electron chi connectivity index (χ2n) is 10.4. The highest BCUT2D eigenvalue weighted by Crippen LogP contribution is 2.31. The lowest BCUT2D eigenvalue weighted by Crippen LogP contribution is -2.52. The van der Waals surface area contributed by atoms with E-state index in [1.165, 1.54) is 17.0 Å². The Kier molecular flexibility index (Phi) is 9.53. The maximum Gasteiger partial charge on any atom is 0.264 e. The van der Waals surface area contributed by atoms with Crippen LogP contribution in [0.25, 0.3) is 0 Å². The Bertz CT molecular complexity index is 1450. The van der Waals surface area contributed by atoms with Crippen molar-refractivity contribution in [1.82, 2.24) is 10.2 Å². The highest BCUT2D eigenvalue weighted by atomic mass is 35.5. The van der Waals surface area contributed by atoms with Crippen LogP contribution in [0.2, 0.25) is 5.02 Å². The zero-order valence-electron chi connectivity index (χ0n) is 23.1. The van der Waals surface area contributed by atoms with E-state index in [-0.39, 0.29) is 34.1 Å². The fourth-order valence-electron chi connectivity index (χ4n) is 4.95. The van der Waals surface area contributed by atoms with Gasteiger partial charge in [0.05, 0.1) is 15.6 Å². The van der Waals surface area contributed by atoms with Crippen molar-refractivity contribution in [3.63, 3.8) is 0 Å². The average Bonchev–Trinajstić information content (AvgIpc) is 3.44. The molecule has 1 N–H and O–H groups in total. The van der Waals surface area contributed by atoms with E-state index in [2.05, 4.69) is 5.32 Å². The number of benzene rings is 3. The van der Waals surface area contributed by atoms with Gasteiger partial charge in [-0.1, -0.05) is 78.5 Å². The van der Waals surface area contributed by atoms with Gasteiger partial charge in [0.15, 0.2) is 0 Å². The molecule has 7 nitrogen and oxygen atoms in total. The number of carbonyl (C=O) groups is 2. The fourth-order valence-corrected chi connectivity index (χ4v) is 6.67. The topological polar surface area (TPSA) is 86.8 Å². The minimum atomic E-state index is -4.17. The lowest BCUT2D eigenvalue weighted by molar-refractivity contribution is -0.139. The summed E-state index contributed by atoms with van der Waals surface area (Å²) in [5.41, 5.74) is 2.95. The van der Waals surface area contributed by atoms with E-state index < -0.39 is 28.5 Å². The number of nitrogens with zero attached hydrogens (tertiary/aromatic N) is 2. The molecule has 2 amide bonds. The van der Waals surface area contributed by atoms with E-state index in [1.54, 1.807) is 43.3 Å². The first kappa shape index (κ1) is 29.6. The number of sulfonamides is 1.